The highest BCUT2D eigenvalue weighted by Crippen LogP contribution is 2.43. The zero-order valence-electron chi connectivity index (χ0n) is 18.7. The Hall–Kier alpha value is -3.32. The molecular formula is C26H29N3O4. The number of nitrogens with one attached hydrogen (secondary N) is 1. The van der Waals surface area contributed by atoms with Gasteiger partial charge in [-0.05, 0) is 48.1 Å². The number of hydrogen-bond donors (Lipinski definition) is 2. The van der Waals surface area contributed by atoms with Gasteiger partial charge in [0, 0.05) is 24.2 Å². The van der Waals surface area contributed by atoms with Gasteiger partial charge in [-0.2, -0.15) is 0 Å². The fourth-order valence-electron chi connectivity index (χ4n) is 5.41. The fraction of sp³-hybridized carbons (Fsp3) is 0.385. The number of anilines is 1. The SMILES string of the molecule is COc1cccc(NC(=O)N2CC(=O)N3[C@H](CO)[C@@H](c4ccc(C5=CCCC5)cc4)[C@H]3C2)c1. The van der Waals surface area contributed by atoms with Crippen LogP contribution in [0.3, 0.4) is 0 Å². The Labute approximate surface area is 193 Å². The average Bonchev–Trinajstić information content (AvgIpc) is 3.36. The van der Waals surface area contributed by atoms with Gasteiger partial charge in [0.2, 0.25) is 5.91 Å². The molecule has 3 amide bonds. The first-order valence-electron chi connectivity index (χ1n) is 11.5. The van der Waals surface area contributed by atoms with Crippen LogP contribution in [0.4, 0.5) is 10.5 Å². The summed E-state index contributed by atoms with van der Waals surface area (Å²) in [6.45, 7) is 0.341. The molecule has 0 radical (unpaired) electrons. The lowest BCUT2D eigenvalue weighted by Gasteiger charge is -2.58. The first-order chi connectivity index (χ1) is 16.1. The van der Waals surface area contributed by atoms with Crippen molar-refractivity contribution in [1.82, 2.24) is 9.80 Å². The number of hydrogen-bond acceptors (Lipinski definition) is 4. The van der Waals surface area contributed by atoms with Crippen molar-refractivity contribution < 1.29 is 19.4 Å². The third-order valence-electron chi connectivity index (χ3n) is 7.07. The van der Waals surface area contributed by atoms with Gasteiger partial charge in [-0.25, -0.2) is 4.79 Å². The highest BCUT2D eigenvalue weighted by atomic mass is 16.5. The minimum atomic E-state index is -0.314. The van der Waals surface area contributed by atoms with Crippen LogP contribution in [-0.4, -0.2) is 65.7 Å². The molecule has 2 aromatic carbocycles. The van der Waals surface area contributed by atoms with Gasteiger partial charge < -0.3 is 25.0 Å². The maximum absolute atomic E-state index is 12.9. The maximum atomic E-state index is 12.9. The Kier molecular flexibility index (Phi) is 5.81. The van der Waals surface area contributed by atoms with Crippen molar-refractivity contribution >= 4 is 23.2 Å². The summed E-state index contributed by atoms with van der Waals surface area (Å²) in [7, 11) is 1.57. The number of carbonyl (C=O) groups excluding carboxylic acids is 2. The zero-order valence-corrected chi connectivity index (χ0v) is 18.7. The molecule has 5 rings (SSSR count). The summed E-state index contributed by atoms with van der Waals surface area (Å²) in [5, 5.41) is 12.9. The number of amides is 3. The van der Waals surface area contributed by atoms with E-state index in [1.807, 2.05) is 0 Å². The smallest absolute Gasteiger partial charge is 0.322 e. The second-order valence-corrected chi connectivity index (χ2v) is 8.93. The largest absolute Gasteiger partial charge is 0.497 e. The summed E-state index contributed by atoms with van der Waals surface area (Å²) in [5.41, 5.74) is 4.35. The number of carbonyl (C=O) groups is 2. The number of piperazine rings is 1. The Balaban J connectivity index is 1.32. The minimum absolute atomic E-state index is 0.00187. The lowest BCUT2D eigenvalue weighted by Crippen LogP contribution is -2.73. The molecule has 2 aliphatic heterocycles. The predicted octanol–water partition coefficient (Wildman–Crippen LogP) is 3.47. The summed E-state index contributed by atoms with van der Waals surface area (Å²) in [5.74, 6) is 0.517. The summed E-state index contributed by atoms with van der Waals surface area (Å²) in [4.78, 5) is 29.1. The van der Waals surface area contributed by atoms with Gasteiger partial charge in [-0.1, -0.05) is 36.4 Å². The number of urea groups is 1. The van der Waals surface area contributed by atoms with Crippen LogP contribution in [0, 0.1) is 0 Å². The summed E-state index contributed by atoms with van der Waals surface area (Å²) in [6, 6.07) is 14.9. The molecule has 0 spiro atoms. The second kappa shape index (κ2) is 8.90. The molecule has 33 heavy (non-hydrogen) atoms. The molecule has 7 nitrogen and oxygen atoms in total. The standard InChI is InChI=1S/C26H29N3O4/c1-33-21-8-4-7-20(13-21)27-26(32)28-14-22-25(23(16-30)29(22)24(31)15-28)19-11-9-18(10-12-19)17-5-2-3-6-17/h4-5,7-13,22-23,25,30H,2-3,6,14-16H2,1H3,(H,27,32)/t22-,23-,25+/m1/s1. The van der Waals surface area contributed by atoms with E-state index in [1.54, 1.807) is 41.2 Å². The van der Waals surface area contributed by atoms with Crippen LogP contribution >= 0.6 is 0 Å². The van der Waals surface area contributed by atoms with Gasteiger partial charge in [0.15, 0.2) is 0 Å². The molecule has 7 heteroatoms. The molecule has 3 atom stereocenters. The fourth-order valence-corrected chi connectivity index (χ4v) is 5.41. The topological polar surface area (TPSA) is 82.1 Å². The summed E-state index contributed by atoms with van der Waals surface area (Å²) >= 11 is 0. The molecule has 2 N–H and O–H groups in total. The van der Waals surface area contributed by atoms with E-state index in [1.165, 1.54) is 17.6 Å². The highest BCUT2D eigenvalue weighted by molar-refractivity contribution is 5.94. The zero-order chi connectivity index (χ0) is 22.9. The van der Waals surface area contributed by atoms with Crippen LogP contribution in [0.2, 0.25) is 0 Å². The van der Waals surface area contributed by atoms with Crippen molar-refractivity contribution in [2.75, 3.05) is 32.1 Å². The summed E-state index contributed by atoms with van der Waals surface area (Å²) in [6.07, 6.45) is 5.76. The molecule has 2 saturated heterocycles. The molecule has 3 aliphatic rings. The molecule has 0 aromatic heterocycles. The number of ether oxygens (including phenoxy) is 1. The van der Waals surface area contributed by atoms with Crippen LogP contribution in [-0.2, 0) is 4.79 Å². The van der Waals surface area contributed by atoms with Crippen molar-refractivity contribution in [3.05, 3.63) is 65.7 Å². The molecule has 0 unspecified atom stereocenters. The Bertz CT molecular complexity index is 1080. The minimum Gasteiger partial charge on any atom is -0.497 e. The lowest BCUT2D eigenvalue weighted by atomic mass is 9.73. The van der Waals surface area contributed by atoms with Gasteiger partial charge in [-0.15, -0.1) is 0 Å². The van der Waals surface area contributed by atoms with E-state index in [4.69, 9.17) is 4.74 Å². The van der Waals surface area contributed by atoms with E-state index in [9.17, 15) is 14.7 Å². The normalized spacial score (nSPS) is 24.1. The average molecular weight is 448 g/mol. The Morgan fingerprint density at radius 2 is 2.03 bits per heavy atom. The van der Waals surface area contributed by atoms with E-state index < -0.39 is 0 Å². The number of benzene rings is 2. The Morgan fingerprint density at radius 1 is 1.21 bits per heavy atom. The van der Waals surface area contributed by atoms with Crippen LogP contribution in [0.25, 0.3) is 5.57 Å². The van der Waals surface area contributed by atoms with E-state index in [0.29, 0.717) is 18.0 Å². The van der Waals surface area contributed by atoms with Crippen LogP contribution in [0.15, 0.2) is 54.6 Å². The third kappa shape index (κ3) is 3.97. The number of aliphatic hydroxyl groups is 1. The molecule has 2 aromatic rings. The van der Waals surface area contributed by atoms with Gasteiger partial charge in [0.05, 0.1) is 25.8 Å². The number of methoxy groups -OCH3 is 1. The van der Waals surface area contributed by atoms with Gasteiger partial charge >= 0.3 is 6.03 Å². The first kappa shape index (κ1) is 21.5. The van der Waals surface area contributed by atoms with Crippen molar-refractivity contribution in [2.45, 2.75) is 37.3 Å². The number of rotatable bonds is 5. The summed E-state index contributed by atoms with van der Waals surface area (Å²) < 4.78 is 5.21. The first-order valence-corrected chi connectivity index (χ1v) is 11.5. The van der Waals surface area contributed by atoms with E-state index in [-0.39, 0.29) is 43.1 Å². The van der Waals surface area contributed by atoms with Crippen LogP contribution < -0.4 is 10.1 Å². The molecule has 2 fully saturated rings. The quantitative estimate of drug-likeness (QED) is 0.736. The third-order valence-corrected chi connectivity index (χ3v) is 7.07. The molecule has 172 valence electrons. The lowest BCUT2D eigenvalue weighted by molar-refractivity contribution is -0.159. The van der Waals surface area contributed by atoms with Crippen LogP contribution in [0.1, 0.15) is 36.3 Å². The predicted molar refractivity (Wildman–Crippen MR) is 126 cm³/mol. The monoisotopic (exact) mass is 447 g/mol. The second-order valence-electron chi connectivity index (χ2n) is 8.93. The van der Waals surface area contributed by atoms with Crippen LogP contribution in [0.5, 0.6) is 5.75 Å². The van der Waals surface area contributed by atoms with E-state index in [0.717, 1.165) is 18.4 Å². The molecule has 0 saturated carbocycles. The van der Waals surface area contributed by atoms with Gasteiger partial charge in [-0.3, -0.25) is 4.79 Å². The molecule has 1 aliphatic carbocycles. The van der Waals surface area contributed by atoms with Crippen molar-refractivity contribution in [2.24, 2.45) is 0 Å². The van der Waals surface area contributed by atoms with Crippen molar-refractivity contribution in [3.8, 4) is 5.75 Å². The Morgan fingerprint density at radius 3 is 2.73 bits per heavy atom. The maximum Gasteiger partial charge on any atom is 0.322 e. The van der Waals surface area contributed by atoms with Gasteiger partial charge in [0.1, 0.15) is 12.3 Å². The van der Waals surface area contributed by atoms with Crippen molar-refractivity contribution in [1.29, 1.82) is 0 Å². The molecule has 2 heterocycles. The number of allylic oxidation sites excluding steroid dienone is 2. The van der Waals surface area contributed by atoms with E-state index >= 15 is 0 Å². The number of nitrogens with zero attached hydrogens (tertiary/aromatic N) is 2. The highest BCUT2D eigenvalue weighted by Gasteiger charge is 2.54. The number of fused-ring (bicyclic) bond motifs is 1. The number of aliphatic hydroxyl groups excluding tert-OH is 1. The molecular weight excluding hydrogens is 418 g/mol. The molecule has 0 bridgehead atoms. The van der Waals surface area contributed by atoms with Gasteiger partial charge in [0.25, 0.3) is 0 Å². The van der Waals surface area contributed by atoms with Crippen molar-refractivity contribution in [3.63, 3.8) is 0 Å². The van der Waals surface area contributed by atoms with E-state index in [2.05, 4.69) is 35.7 Å².